The maximum Gasteiger partial charge on any atom is 0.303 e. The molecule has 1 rings (SSSR count). The predicted octanol–water partition coefficient (Wildman–Crippen LogP) is 1.47. The lowest BCUT2D eigenvalue weighted by molar-refractivity contribution is -0.141. The van der Waals surface area contributed by atoms with E-state index < -0.39 is 5.97 Å². The van der Waals surface area contributed by atoms with Gasteiger partial charge in [-0.1, -0.05) is 13.8 Å². The van der Waals surface area contributed by atoms with Gasteiger partial charge in [0.25, 0.3) is 0 Å². The molecule has 0 aliphatic heterocycles. The van der Waals surface area contributed by atoms with Crippen molar-refractivity contribution >= 4 is 5.97 Å². The first-order chi connectivity index (χ1) is 6.03. The van der Waals surface area contributed by atoms with E-state index >= 15 is 0 Å². The summed E-state index contributed by atoms with van der Waals surface area (Å²) in [7, 11) is 0. The molecule has 0 radical (unpaired) electrons. The lowest BCUT2D eigenvalue weighted by Crippen LogP contribution is -2.39. The van der Waals surface area contributed by atoms with Crippen LogP contribution in [0.4, 0.5) is 0 Å². The van der Waals surface area contributed by atoms with Crippen LogP contribution in [0.1, 0.15) is 33.1 Å². The summed E-state index contributed by atoms with van der Waals surface area (Å²) < 4.78 is 0. The first-order valence-corrected chi connectivity index (χ1v) is 4.95. The minimum Gasteiger partial charge on any atom is -0.481 e. The summed E-state index contributed by atoms with van der Waals surface area (Å²) >= 11 is 0. The van der Waals surface area contributed by atoms with Crippen LogP contribution in [0, 0.1) is 17.3 Å². The van der Waals surface area contributed by atoms with Gasteiger partial charge in [0.2, 0.25) is 0 Å². The molecular weight excluding hydrogens is 166 g/mol. The molecule has 1 saturated carbocycles. The molecule has 0 aromatic carbocycles. The summed E-state index contributed by atoms with van der Waals surface area (Å²) in [6, 6.07) is 0. The second-order valence-electron chi connectivity index (χ2n) is 4.39. The molecule has 0 spiro atoms. The third-order valence-corrected chi connectivity index (χ3v) is 3.86. The summed E-state index contributed by atoms with van der Waals surface area (Å²) in [5.74, 6) is 0.179. The average molecular weight is 185 g/mol. The Hall–Kier alpha value is -0.570. The van der Waals surface area contributed by atoms with Gasteiger partial charge in [0.15, 0.2) is 0 Å². The molecule has 3 N–H and O–H groups in total. The molecule has 0 aromatic rings. The third-order valence-electron chi connectivity index (χ3n) is 3.86. The highest BCUT2D eigenvalue weighted by Crippen LogP contribution is 2.49. The SMILES string of the molecule is C[C@@H]1CC[C@H](C)C1(CN)CC(=O)O. The van der Waals surface area contributed by atoms with Crippen LogP contribution >= 0.6 is 0 Å². The van der Waals surface area contributed by atoms with Crippen LogP contribution in [-0.2, 0) is 4.79 Å². The lowest BCUT2D eigenvalue weighted by atomic mass is 9.71. The number of carbonyl (C=O) groups is 1. The van der Waals surface area contributed by atoms with Crippen molar-refractivity contribution in [2.24, 2.45) is 23.0 Å². The topological polar surface area (TPSA) is 63.3 Å². The predicted molar refractivity (Wildman–Crippen MR) is 51.3 cm³/mol. The Bertz CT molecular complexity index is 193. The van der Waals surface area contributed by atoms with Crippen LogP contribution < -0.4 is 5.73 Å². The molecule has 0 aromatic heterocycles. The van der Waals surface area contributed by atoms with E-state index in [1.54, 1.807) is 0 Å². The summed E-state index contributed by atoms with van der Waals surface area (Å²) in [4.78, 5) is 10.8. The molecule has 0 heterocycles. The van der Waals surface area contributed by atoms with E-state index in [0.29, 0.717) is 18.4 Å². The highest BCUT2D eigenvalue weighted by atomic mass is 16.4. The summed E-state index contributed by atoms with van der Waals surface area (Å²) in [6.45, 7) is 4.75. The van der Waals surface area contributed by atoms with Gasteiger partial charge in [-0.15, -0.1) is 0 Å². The van der Waals surface area contributed by atoms with Gasteiger partial charge in [-0.25, -0.2) is 0 Å². The highest BCUT2D eigenvalue weighted by Gasteiger charge is 2.45. The van der Waals surface area contributed by atoms with E-state index in [1.165, 1.54) is 0 Å². The number of hydrogen-bond acceptors (Lipinski definition) is 2. The fourth-order valence-electron chi connectivity index (χ4n) is 2.67. The third kappa shape index (κ3) is 1.70. The van der Waals surface area contributed by atoms with Crippen LogP contribution in [0.15, 0.2) is 0 Å². The van der Waals surface area contributed by atoms with Crippen LogP contribution in [0.3, 0.4) is 0 Å². The van der Waals surface area contributed by atoms with Crippen LogP contribution in [-0.4, -0.2) is 17.6 Å². The second-order valence-corrected chi connectivity index (χ2v) is 4.39. The van der Waals surface area contributed by atoms with Crippen LogP contribution in [0.25, 0.3) is 0 Å². The van der Waals surface area contributed by atoms with Crippen molar-refractivity contribution in [3.63, 3.8) is 0 Å². The Kier molecular flexibility index (Phi) is 2.96. The highest BCUT2D eigenvalue weighted by molar-refractivity contribution is 5.68. The van der Waals surface area contributed by atoms with Crippen molar-refractivity contribution in [3.8, 4) is 0 Å². The molecule has 1 aliphatic carbocycles. The zero-order chi connectivity index (χ0) is 10.1. The maximum absolute atomic E-state index is 10.8. The normalized spacial score (nSPS) is 39.3. The number of hydrogen-bond donors (Lipinski definition) is 2. The molecule has 3 heteroatoms. The molecule has 13 heavy (non-hydrogen) atoms. The molecule has 1 aliphatic rings. The zero-order valence-corrected chi connectivity index (χ0v) is 8.42. The van der Waals surface area contributed by atoms with Gasteiger partial charge in [-0.2, -0.15) is 0 Å². The van der Waals surface area contributed by atoms with E-state index in [2.05, 4.69) is 13.8 Å². The molecule has 3 atom stereocenters. The monoisotopic (exact) mass is 185 g/mol. The van der Waals surface area contributed by atoms with E-state index in [1.807, 2.05) is 0 Å². The fourth-order valence-corrected chi connectivity index (χ4v) is 2.67. The Morgan fingerprint density at radius 2 is 1.92 bits per heavy atom. The second kappa shape index (κ2) is 3.66. The summed E-state index contributed by atoms with van der Waals surface area (Å²) in [5, 5.41) is 8.85. The van der Waals surface area contributed by atoms with Crippen LogP contribution in [0.5, 0.6) is 0 Å². The Balaban J connectivity index is 2.82. The van der Waals surface area contributed by atoms with Gasteiger partial charge >= 0.3 is 5.97 Å². The van der Waals surface area contributed by atoms with Crippen molar-refractivity contribution in [3.05, 3.63) is 0 Å². The minimum absolute atomic E-state index is 0.147. The molecule has 0 bridgehead atoms. The maximum atomic E-state index is 10.8. The standard InChI is InChI=1S/C10H19NO2/c1-7-3-4-8(2)10(7,6-11)5-9(12)13/h7-8H,3-6,11H2,1-2H3,(H,12,13)/t7-,8+,10?. The van der Waals surface area contributed by atoms with E-state index in [9.17, 15) is 4.79 Å². The smallest absolute Gasteiger partial charge is 0.303 e. The molecule has 0 saturated heterocycles. The molecule has 76 valence electrons. The van der Waals surface area contributed by atoms with Gasteiger partial charge in [-0.3, -0.25) is 4.79 Å². The van der Waals surface area contributed by atoms with Crippen molar-refractivity contribution in [1.82, 2.24) is 0 Å². The van der Waals surface area contributed by atoms with Gasteiger partial charge in [-0.05, 0) is 36.6 Å². The number of carboxylic acids is 1. The molecular formula is C10H19NO2. The van der Waals surface area contributed by atoms with Gasteiger partial charge in [0.05, 0.1) is 6.42 Å². The van der Waals surface area contributed by atoms with Crippen molar-refractivity contribution in [2.45, 2.75) is 33.1 Å². The quantitative estimate of drug-likeness (QED) is 0.700. The molecule has 1 unspecified atom stereocenters. The number of nitrogens with two attached hydrogens (primary N) is 1. The average Bonchev–Trinajstić information content (AvgIpc) is 2.32. The van der Waals surface area contributed by atoms with Gasteiger partial charge < -0.3 is 10.8 Å². The van der Waals surface area contributed by atoms with Crippen molar-refractivity contribution in [1.29, 1.82) is 0 Å². The van der Waals surface area contributed by atoms with Gasteiger partial charge in [0, 0.05) is 0 Å². The van der Waals surface area contributed by atoms with Crippen molar-refractivity contribution < 1.29 is 9.90 Å². The Morgan fingerprint density at radius 1 is 1.46 bits per heavy atom. The minimum atomic E-state index is -0.717. The molecule has 0 amide bonds. The van der Waals surface area contributed by atoms with Crippen LogP contribution in [0.2, 0.25) is 0 Å². The molecule has 3 nitrogen and oxygen atoms in total. The van der Waals surface area contributed by atoms with E-state index in [-0.39, 0.29) is 11.8 Å². The molecule has 1 fully saturated rings. The number of rotatable bonds is 3. The fraction of sp³-hybridized carbons (Fsp3) is 0.900. The number of carboxylic acid groups (broad SMARTS) is 1. The summed E-state index contributed by atoms with van der Waals surface area (Å²) in [6.07, 6.45) is 2.46. The zero-order valence-electron chi connectivity index (χ0n) is 8.42. The first-order valence-electron chi connectivity index (χ1n) is 4.95. The first kappa shape index (κ1) is 10.5. The van der Waals surface area contributed by atoms with E-state index in [0.717, 1.165) is 12.8 Å². The van der Waals surface area contributed by atoms with Crippen molar-refractivity contribution in [2.75, 3.05) is 6.54 Å². The van der Waals surface area contributed by atoms with E-state index in [4.69, 9.17) is 10.8 Å². The summed E-state index contributed by atoms with van der Waals surface area (Å²) in [5.41, 5.74) is 5.59. The lowest BCUT2D eigenvalue weighted by Gasteiger charge is -2.35. The number of aliphatic carboxylic acids is 1. The van der Waals surface area contributed by atoms with Gasteiger partial charge in [0.1, 0.15) is 0 Å². The largest absolute Gasteiger partial charge is 0.481 e. The Labute approximate surface area is 79.3 Å². The Morgan fingerprint density at radius 3 is 2.23 bits per heavy atom.